The predicted molar refractivity (Wildman–Crippen MR) is 103 cm³/mol. The van der Waals surface area contributed by atoms with Gasteiger partial charge in [-0.15, -0.1) is 0 Å². The minimum Gasteiger partial charge on any atom is -0.489 e. The molecule has 0 atom stereocenters. The Kier molecular flexibility index (Phi) is 4.80. The summed E-state index contributed by atoms with van der Waals surface area (Å²) in [5.41, 5.74) is 1.33. The van der Waals surface area contributed by atoms with Crippen LogP contribution in [0.1, 0.15) is 18.5 Å². The van der Waals surface area contributed by atoms with Gasteiger partial charge < -0.3 is 4.74 Å². The van der Waals surface area contributed by atoms with Crippen LogP contribution in [0.3, 0.4) is 0 Å². The Labute approximate surface area is 158 Å². The molecule has 1 fully saturated rings. The van der Waals surface area contributed by atoms with Crippen molar-refractivity contribution < 1.29 is 13.2 Å². The highest BCUT2D eigenvalue weighted by Crippen LogP contribution is 2.27. The zero-order chi connectivity index (χ0) is 18.9. The molecule has 27 heavy (non-hydrogen) atoms. The first kappa shape index (κ1) is 17.9. The number of aromatic nitrogens is 2. The topological polar surface area (TPSA) is 72.4 Å². The van der Waals surface area contributed by atoms with Gasteiger partial charge in [0, 0.05) is 30.4 Å². The molecule has 3 heterocycles. The lowest BCUT2D eigenvalue weighted by atomic mass is 10.1. The van der Waals surface area contributed by atoms with E-state index in [-0.39, 0.29) is 11.0 Å². The number of sulfonamides is 1. The highest BCUT2D eigenvalue weighted by atomic mass is 32.2. The number of aryl methyl sites for hydroxylation is 1. The number of hydrogen-bond acceptors (Lipinski definition) is 5. The van der Waals surface area contributed by atoms with Crippen LogP contribution in [0.15, 0.2) is 59.8 Å². The summed E-state index contributed by atoms with van der Waals surface area (Å²) >= 11 is 0. The number of para-hydroxylation sites is 1. The Hall–Kier alpha value is -2.51. The molecule has 140 valence electrons. The van der Waals surface area contributed by atoms with E-state index < -0.39 is 10.0 Å². The first-order chi connectivity index (χ1) is 13.0. The summed E-state index contributed by atoms with van der Waals surface area (Å²) in [5.74, 6) is 0.715. The van der Waals surface area contributed by atoms with Gasteiger partial charge in [0.25, 0.3) is 0 Å². The summed E-state index contributed by atoms with van der Waals surface area (Å²) in [4.78, 5) is 8.79. The molecule has 1 saturated heterocycles. The first-order valence-corrected chi connectivity index (χ1v) is 10.4. The fraction of sp³-hybridized carbons (Fsp3) is 0.300. The van der Waals surface area contributed by atoms with Crippen molar-refractivity contribution in [2.24, 2.45) is 0 Å². The van der Waals surface area contributed by atoms with Crippen molar-refractivity contribution in [2.75, 3.05) is 13.1 Å². The smallest absolute Gasteiger partial charge is 0.245 e. The lowest BCUT2D eigenvalue weighted by molar-refractivity contribution is 0.134. The molecule has 0 spiro atoms. The second-order valence-electron chi connectivity index (χ2n) is 6.69. The quantitative estimate of drug-likeness (QED) is 0.692. The molecule has 0 aliphatic carbocycles. The molecular weight excluding hydrogens is 362 g/mol. The first-order valence-electron chi connectivity index (χ1n) is 8.97. The molecule has 4 rings (SSSR count). The van der Waals surface area contributed by atoms with Crippen LogP contribution >= 0.6 is 0 Å². The van der Waals surface area contributed by atoms with Gasteiger partial charge >= 0.3 is 0 Å². The van der Waals surface area contributed by atoms with E-state index in [9.17, 15) is 8.42 Å². The van der Waals surface area contributed by atoms with Gasteiger partial charge in [0.15, 0.2) is 0 Å². The SMILES string of the molecule is Cc1ccc2cccc(S(=O)(=O)N3CCC(Oc4cccnc4)CC3)c2n1. The normalized spacial score (nSPS) is 16.5. The van der Waals surface area contributed by atoms with Crippen molar-refractivity contribution in [2.45, 2.75) is 30.8 Å². The van der Waals surface area contributed by atoms with Crippen LogP contribution in [-0.4, -0.2) is 41.9 Å². The fourth-order valence-electron chi connectivity index (χ4n) is 3.36. The third kappa shape index (κ3) is 3.65. The van der Waals surface area contributed by atoms with Crippen LogP contribution < -0.4 is 4.74 Å². The summed E-state index contributed by atoms with van der Waals surface area (Å²) in [6.45, 7) is 2.72. The Balaban J connectivity index is 1.53. The highest BCUT2D eigenvalue weighted by molar-refractivity contribution is 7.89. The van der Waals surface area contributed by atoms with E-state index in [2.05, 4.69) is 9.97 Å². The Bertz CT molecular complexity index is 1050. The van der Waals surface area contributed by atoms with Crippen LogP contribution in [0, 0.1) is 6.92 Å². The van der Waals surface area contributed by atoms with Crippen LogP contribution in [0.5, 0.6) is 5.75 Å². The van der Waals surface area contributed by atoms with Crippen molar-refractivity contribution in [3.8, 4) is 5.75 Å². The van der Waals surface area contributed by atoms with Crippen molar-refractivity contribution in [1.29, 1.82) is 0 Å². The van der Waals surface area contributed by atoms with Gasteiger partial charge in [-0.25, -0.2) is 8.42 Å². The standard InChI is InChI=1S/C20H21N3O3S/c1-15-7-8-16-4-2-6-19(20(16)22-15)27(24,25)23-12-9-17(10-13-23)26-18-5-3-11-21-14-18/h2-8,11,14,17H,9-10,12-13H2,1H3. The summed E-state index contributed by atoms with van der Waals surface area (Å²) in [6, 6.07) is 12.8. The highest BCUT2D eigenvalue weighted by Gasteiger charge is 2.31. The minimum atomic E-state index is -3.60. The second-order valence-corrected chi connectivity index (χ2v) is 8.60. The Morgan fingerprint density at radius 2 is 1.89 bits per heavy atom. The van der Waals surface area contributed by atoms with Crippen LogP contribution in [-0.2, 0) is 10.0 Å². The molecule has 0 N–H and O–H groups in total. The van der Waals surface area contributed by atoms with Crippen LogP contribution in [0.2, 0.25) is 0 Å². The maximum atomic E-state index is 13.2. The molecule has 1 aromatic carbocycles. The zero-order valence-corrected chi connectivity index (χ0v) is 15.9. The third-order valence-electron chi connectivity index (χ3n) is 4.78. The molecule has 6 nitrogen and oxygen atoms in total. The minimum absolute atomic E-state index is 0.00598. The number of fused-ring (bicyclic) bond motifs is 1. The van der Waals surface area contributed by atoms with Crippen molar-refractivity contribution in [3.63, 3.8) is 0 Å². The van der Waals surface area contributed by atoms with Gasteiger partial charge in [0.2, 0.25) is 10.0 Å². The molecular formula is C20H21N3O3S. The van der Waals surface area contributed by atoms with Gasteiger partial charge in [0.1, 0.15) is 16.7 Å². The van der Waals surface area contributed by atoms with Crippen molar-refractivity contribution in [1.82, 2.24) is 14.3 Å². The predicted octanol–water partition coefficient (Wildman–Crippen LogP) is 3.17. The fourth-order valence-corrected chi connectivity index (χ4v) is 4.99. The molecule has 3 aromatic rings. The Morgan fingerprint density at radius 3 is 2.63 bits per heavy atom. The van der Waals surface area contributed by atoms with Gasteiger partial charge in [0.05, 0.1) is 11.7 Å². The van der Waals surface area contributed by atoms with E-state index in [0.29, 0.717) is 37.2 Å². The number of rotatable bonds is 4. The molecule has 1 aliphatic heterocycles. The zero-order valence-electron chi connectivity index (χ0n) is 15.1. The summed E-state index contributed by atoms with van der Waals surface area (Å²) in [6.07, 6.45) is 4.65. The number of pyridine rings is 2. The molecule has 0 amide bonds. The van der Waals surface area contributed by atoms with Crippen molar-refractivity contribution >= 4 is 20.9 Å². The van der Waals surface area contributed by atoms with E-state index in [1.807, 2.05) is 37.3 Å². The van der Waals surface area contributed by atoms with Gasteiger partial charge in [-0.3, -0.25) is 9.97 Å². The summed E-state index contributed by atoms with van der Waals surface area (Å²) in [7, 11) is -3.60. The van der Waals surface area contributed by atoms with E-state index in [1.165, 1.54) is 4.31 Å². The summed E-state index contributed by atoms with van der Waals surface area (Å²) < 4.78 is 33.9. The maximum Gasteiger partial charge on any atom is 0.245 e. The van der Waals surface area contributed by atoms with Gasteiger partial charge in [-0.05, 0) is 44.0 Å². The van der Waals surface area contributed by atoms with Crippen LogP contribution in [0.25, 0.3) is 10.9 Å². The lowest BCUT2D eigenvalue weighted by Crippen LogP contribution is -2.41. The van der Waals surface area contributed by atoms with E-state index in [0.717, 1.165) is 11.1 Å². The lowest BCUT2D eigenvalue weighted by Gasteiger charge is -2.31. The summed E-state index contributed by atoms with van der Waals surface area (Å²) in [5, 5.41) is 0.830. The number of benzene rings is 1. The van der Waals surface area contributed by atoms with E-state index >= 15 is 0 Å². The van der Waals surface area contributed by atoms with Crippen LogP contribution in [0.4, 0.5) is 0 Å². The molecule has 2 aromatic heterocycles. The number of ether oxygens (including phenoxy) is 1. The van der Waals surface area contributed by atoms with Gasteiger partial charge in [-0.2, -0.15) is 4.31 Å². The molecule has 0 saturated carbocycles. The number of hydrogen-bond donors (Lipinski definition) is 0. The van der Waals surface area contributed by atoms with Gasteiger partial charge in [-0.1, -0.05) is 18.2 Å². The van der Waals surface area contributed by atoms with Crippen molar-refractivity contribution in [3.05, 3.63) is 60.6 Å². The average molecular weight is 383 g/mol. The van der Waals surface area contributed by atoms with E-state index in [1.54, 1.807) is 24.5 Å². The number of piperidine rings is 1. The molecule has 0 bridgehead atoms. The largest absolute Gasteiger partial charge is 0.489 e. The maximum absolute atomic E-state index is 13.2. The third-order valence-corrected chi connectivity index (χ3v) is 6.71. The monoisotopic (exact) mass is 383 g/mol. The second kappa shape index (κ2) is 7.25. The molecule has 0 radical (unpaired) electrons. The molecule has 1 aliphatic rings. The van der Waals surface area contributed by atoms with E-state index in [4.69, 9.17) is 4.74 Å². The average Bonchev–Trinajstić information content (AvgIpc) is 2.68. The molecule has 0 unspecified atom stereocenters. The molecule has 7 heteroatoms. The number of nitrogens with zero attached hydrogens (tertiary/aromatic N) is 3. The Morgan fingerprint density at radius 1 is 1.07 bits per heavy atom.